The van der Waals surface area contributed by atoms with Crippen LogP contribution in [0.1, 0.15) is 50.0 Å². The standard InChI is InChI=1S/C25H28FN2O5P/c1-15(2)23-22(16(3)34(32,33)14-20(29)13-21(30)31)24(17-9-11-19(26)12-10-17)28-25(27-23)18-7-5-4-6-8-18/h4-12,15-16,20,29H,13-14H2,1-3H3,(H,30,31)(H,32,33)/t16?,20-/m0/s1. The average molecular weight is 486 g/mol. The Kier molecular flexibility index (Phi) is 7.97. The molecule has 0 aliphatic heterocycles. The molecule has 9 heteroatoms. The molecule has 180 valence electrons. The van der Waals surface area contributed by atoms with Crippen LogP contribution >= 0.6 is 7.37 Å². The van der Waals surface area contributed by atoms with E-state index in [9.17, 15) is 23.7 Å². The number of hydrogen-bond donors (Lipinski definition) is 3. The summed E-state index contributed by atoms with van der Waals surface area (Å²) in [4.78, 5) is 31.3. The number of carboxylic acids is 1. The van der Waals surface area contributed by atoms with Gasteiger partial charge in [0.15, 0.2) is 5.82 Å². The van der Waals surface area contributed by atoms with Gasteiger partial charge in [0.05, 0.1) is 35.7 Å². The van der Waals surface area contributed by atoms with Crippen molar-refractivity contribution in [3.05, 3.63) is 71.7 Å². The first-order valence-electron chi connectivity index (χ1n) is 10.9. The molecule has 2 unspecified atom stereocenters. The lowest BCUT2D eigenvalue weighted by Crippen LogP contribution is -2.20. The third kappa shape index (κ3) is 5.95. The molecule has 1 heterocycles. The van der Waals surface area contributed by atoms with Crippen molar-refractivity contribution in [2.45, 2.75) is 44.9 Å². The van der Waals surface area contributed by atoms with E-state index in [2.05, 4.69) is 0 Å². The molecule has 2 aromatic carbocycles. The Balaban J connectivity index is 2.22. The molecule has 0 amide bonds. The van der Waals surface area contributed by atoms with Crippen molar-refractivity contribution in [3.8, 4) is 22.6 Å². The Labute approximate surface area is 197 Å². The van der Waals surface area contributed by atoms with Gasteiger partial charge in [-0.15, -0.1) is 0 Å². The molecule has 0 saturated heterocycles. The largest absolute Gasteiger partial charge is 0.481 e. The van der Waals surface area contributed by atoms with Gasteiger partial charge in [-0.3, -0.25) is 9.36 Å². The van der Waals surface area contributed by atoms with E-state index in [0.717, 1.165) is 5.56 Å². The maximum absolute atomic E-state index is 13.7. The third-order valence-electron chi connectivity index (χ3n) is 5.58. The third-order valence-corrected chi connectivity index (χ3v) is 7.99. The SMILES string of the molecule is CC(C)c1nc(-c2ccccc2)nc(-c2ccc(F)cc2)c1C(C)P(=O)(O)C[C@@H](O)CC(=O)O. The zero-order valence-corrected chi connectivity index (χ0v) is 20.1. The van der Waals surface area contributed by atoms with Crippen LogP contribution in [0.5, 0.6) is 0 Å². The maximum atomic E-state index is 13.7. The van der Waals surface area contributed by atoms with Crippen LogP contribution in [0.25, 0.3) is 22.6 Å². The number of carbonyl (C=O) groups is 1. The molecule has 0 saturated carbocycles. The summed E-state index contributed by atoms with van der Waals surface area (Å²) in [5.41, 5.74) is 1.69. The molecule has 1 aromatic heterocycles. The maximum Gasteiger partial charge on any atom is 0.305 e. The Morgan fingerprint density at radius 3 is 2.18 bits per heavy atom. The Morgan fingerprint density at radius 1 is 1.00 bits per heavy atom. The Morgan fingerprint density at radius 2 is 1.62 bits per heavy atom. The van der Waals surface area contributed by atoms with Crippen molar-refractivity contribution in [3.63, 3.8) is 0 Å². The molecule has 7 nitrogen and oxygen atoms in total. The van der Waals surface area contributed by atoms with E-state index < -0.39 is 43.5 Å². The van der Waals surface area contributed by atoms with Crippen LogP contribution in [0.15, 0.2) is 54.6 Å². The fourth-order valence-electron chi connectivity index (χ4n) is 3.81. The van der Waals surface area contributed by atoms with Crippen molar-refractivity contribution in [2.75, 3.05) is 6.16 Å². The highest BCUT2D eigenvalue weighted by Gasteiger charge is 2.36. The van der Waals surface area contributed by atoms with Gasteiger partial charge < -0.3 is 15.1 Å². The Bertz CT molecular complexity index is 1200. The second-order valence-electron chi connectivity index (χ2n) is 8.59. The highest BCUT2D eigenvalue weighted by molar-refractivity contribution is 7.58. The van der Waals surface area contributed by atoms with Crippen molar-refractivity contribution in [1.29, 1.82) is 0 Å². The van der Waals surface area contributed by atoms with E-state index in [0.29, 0.717) is 28.3 Å². The van der Waals surface area contributed by atoms with E-state index in [1.54, 1.807) is 19.1 Å². The van der Waals surface area contributed by atoms with Gasteiger partial charge in [0, 0.05) is 16.7 Å². The normalized spacial score (nSPS) is 15.0. The molecule has 0 radical (unpaired) electrons. The van der Waals surface area contributed by atoms with Gasteiger partial charge in [0.25, 0.3) is 0 Å². The van der Waals surface area contributed by atoms with Gasteiger partial charge in [-0.05, 0) is 37.1 Å². The van der Waals surface area contributed by atoms with Crippen molar-refractivity contribution < 1.29 is 28.9 Å². The number of hydrogen-bond acceptors (Lipinski definition) is 5. The average Bonchev–Trinajstić information content (AvgIpc) is 2.77. The van der Waals surface area contributed by atoms with Crippen molar-refractivity contribution in [2.24, 2.45) is 0 Å². The number of rotatable bonds is 9. The molecule has 0 aliphatic rings. The van der Waals surface area contributed by atoms with Gasteiger partial charge >= 0.3 is 5.97 Å². The fraction of sp³-hybridized carbons (Fsp3) is 0.320. The zero-order chi connectivity index (χ0) is 25.0. The van der Waals surface area contributed by atoms with Crippen LogP contribution in [0.3, 0.4) is 0 Å². The summed E-state index contributed by atoms with van der Waals surface area (Å²) in [6, 6.07) is 15.0. The first-order chi connectivity index (χ1) is 16.0. The number of aromatic nitrogens is 2. The second-order valence-corrected chi connectivity index (χ2v) is 11.2. The smallest absolute Gasteiger partial charge is 0.305 e. The number of carboxylic acid groups (broad SMARTS) is 1. The number of halogens is 1. The first kappa shape index (κ1) is 25.7. The Hall–Kier alpha value is -2.93. The summed E-state index contributed by atoms with van der Waals surface area (Å²) < 4.78 is 27.0. The number of benzene rings is 2. The molecule has 0 aliphatic carbocycles. The molecule has 0 fully saturated rings. The predicted octanol–water partition coefficient (Wildman–Crippen LogP) is 5.24. The highest BCUT2D eigenvalue weighted by Crippen LogP contribution is 2.58. The molecule has 34 heavy (non-hydrogen) atoms. The number of aliphatic hydroxyl groups is 1. The summed E-state index contributed by atoms with van der Waals surface area (Å²) in [5, 5.41) is 19.0. The van der Waals surface area contributed by atoms with Gasteiger partial charge in [-0.2, -0.15) is 0 Å². The van der Waals surface area contributed by atoms with Crippen molar-refractivity contribution in [1.82, 2.24) is 9.97 Å². The van der Waals surface area contributed by atoms with E-state index in [4.69, 9.17) is 15.1 Å². The monoisotopic (exact) mass is 486 g/mol. The number of aliphatic hydroxyl groups excluding tert-OH is 1. The number of nitrogens with zero attached hydrogens (tertiary/aromatic N) is 2. The zero-order valence-electron chi connectivity index (χ0n) is 19.2. The molecule has 3 atom stereocenters. The summed E-state index contributed by atoms with van der Waals surface area (Å²) in [6.07, 6.45) is -2.69. The fourth-order valence-corrected chi connectivity index (χ4v) is 5.52. The second kappa shape index (κ2) is 10.6. The van der Waals surface area contributed by atoms with E-state index >= 15 is 0 Å². The molecule has 3 N–H and O–H groups in total. The predicted molar refractivity (Wildman–Crippen MR) is 128 cm³/mol. The van der Waals surface area contributed by atoms with Crippen LogP contribution in [0.2, 0.25) is 0 Å². The van der Waals surface area contributed by atoms with Gasteiger partial charge in [0.1, 0.15) is 5.82 Å². The lowest BCUT2D eigenvalue weighted by molar-refractivity contribution is -0.138. The van der Waals surface area contributed by atoms with Crippen LogP contribution in [-0.2, 0) is 9.36 Å². The van der Waals surface area contributed by atoms with Gasteiger partial charge in [-0.25, -0.2) is 14.4 Å². The summed E-state index contributed by atoms with van der Waals surface area (Å²) in [7, 11) is -4.10. The van der Waals surface area contributed by atoms with Crippen molar-refractivity contribution >= 4 is 13.3 Å². The first-order valence-corrected chi connectivity index (χ1v) is 12.9. The van der Waals surface area contributed by atoms with Gasteiger partial charge in [-0.1, -0.05) is 44.2 Å². The van der Waals surface area contributed by atoms with E-state index in [1.807, 2.05) is 44.2 Å². The summed E-state index contributed by atoms with van der Waals surface area (Å²) in [6.45, 7) is 5.36. The molecular formula is C25H28FN2O5P. The molecular weight excluding hydrogens is 458 g/mol. The topological polar surface area (TPSA) is 121 Å². The summed E-state index contributed by atoms with van der Waals surface area (Å²) in [5.74, 6) is -1.40. The lowest BCUT2D eigenvalue weighted by atomic mass is 9.96. The lowest BCUT2D eigenvalue weighted by Gasteiger charge is -2.27. The van der Waals surface area contributed by atoms with Crippen LogP contribution in [0.4, 0.5) is 4.39 Å². The van der Waals surface area contributed by atoms with E-state index in [-0.39, 0.29) is 5.92 Å². The van der Waals surface area contributed by atoms with Crippen LogP contribution in [0, 0.1) is 5.82 Å². The van der Waals surface area contributed by atoms with Crippen LogP contribution < -0.4 is 0 Å². The van der Waals surface area contributed by atoms with E-state index in [1.165, 1.54) is 12.1 Å². The number of aliphatic carboxylic acids is 1. The minimum Gasteiger partial charge on any atom is -0.481 e. The molecule has 3 rings (SSSR count). The summed E-state index contributed by atoms with van der Waals surface area (Å²) >= 11 is 0. The molecule has 0 spiro atoms. The van der Waals surface area contributed by atoms with Crippen LogP contribution in [-0.4, -0.2) is 43.3 Å². The van der Waals surface area contributed by atoms with Gasteiger partial charge in [0.2, 0.25) is 7.37 Å². The minimum atomic E-state index is -4.10. The molecule has 0 bridgehead atoms. The highest BCUT2D eigenvalue weighted by atomic mass is 31.2. The minimum absolute atomic E-state index is 0.147. The molecule has 3 aromatic rings. The quantitative estimate of drug-likeness (QED) is 0.354.